The molecule has 0 bridgehead atoms. The van der Waals surface area contributed by atoms with E-state index >= 15 is 0 Å². The van der Waals surface area contributed by atoms with Gasteiger partial charge in [0.15, 0.2) is 5.78 Å². The SMILES string of the molecule is C.C.C.C.C.CC.CC.CC.CC.CC.CCC(=O)c1c[n-]c2ncccc12.O=C(O)c1c[n-]c2ncccc12.O=C(c1c[n-]c2ncccc12)C(Cl)(Cl)Cl.[Na+].[OH-].[Y].[Y].[Y].[Y].c1cnc2[n-]ccc2c1.c1cnc2[nH]ccc2c1. The molecule has 0 saturated heterocycles. The molecular formula is C56H80Cl3N10NaO5Y4-4. The van der Waals surface area contributed by atoms with E-state index in [2.05, 4.69) is 49.8 Å². The maximum absolute atomic E-state index is 11.7. The Kier molecular flexibility index (Phi) is 77.5. The number of fused-ring (bicyclic) bond motifs is 5. The van der Waals surface area contributed by atoms with Crippen LogP contribution in [0.15, 0.2) is 135 Å². The van der Waals surface area contributed by atoms with Gasteiger partial charge in [0.25, 0.3) is 3.79 Å². The number of carbonyl (C=O) groups excluding carboxylic acids is 2. The van der Waals surface area contributed by atoms with Crippen LogP contribution < -0.4 is 49.5 Å². The van der Waals surface area contributed by atoms with Crippen molar-refractivity contribution in [3.05, 3.63) is 151 Å². The molecule has 10 heterocycles. The van der Waals surface area contributed by atoms with Crippen LogP contribution in [0.1, 0.15) is 151 Å². The molecule has 0 atom stereocenters. The number of Topliss-reactive ketones (excluding diaryl/α,β-unsaturated/α-hetero) is 2. The summed E-state index contributed by atoms with van der Waals surface area (Å²) in [5.41, 5.74) is 4.56. The van der Waals surface area contributed by atoms with Crippen LogP contribution in [-0.4, -0.2) is 61.8 Å². The molecule has 0 aromatic carbocycles. The van der Waals surface area contributed by atoms with Crippen molar-refractivity contribution in [1.29, 1.82) is 0 Å². The average Bonchev–Trinajstić information content (AvgIpc) is 4.27. The van der Waals surface area contributed by atoms with E-state index in [-0.39, 0.29) is 220 Å². The van der Waals surface area contributed by atoms with Crippen LogP contribution in [0, 0.1) is 0 Å². The summed E-state index contributed by atoms with van der Waals surface area (Å²) in [6.45, 7) is 21.8. The number of aromatic amines is 1. The number of nitrogens with one attached hydrogen (secondary N) is 1. The Labute approximate surface area is 609 Å². The number of carboxylic acids is 1. The maximum Gasteiger partial charge on any atom is 1.00 e. The van der Waals surface area contributed by atoms with Crippen molar-refractivity contribution in [3.63, 3.8) is 0 Å². The summed E-state index contributed by atoms with van der Waals surface area (Å²) in [6, 6.07) is 22.3. The first kappa shape index (κ1) is 103. The van der Waals surface area contributed by atoms with E-state index in [1.807, 2.05) is 131 Å². The Morgan fingerprint density at radius 3 is 1.25 bits per heavy atom. The third-order valence-electron chi connectivity index (χ3n) is 8.12. The van der Waals surface area contributed by atoms with E-state index in [1.54, 1.807) is 67.6 Å². The molecule has 10 aromatic heterocycles. The van der Waals surface area contributed by atoms with Crippen molar-refractivity contribution < 1.29 is 185 Å². The molecule has 0 fully saturated rings. The number of hydrogen-bond donors (Lipinski definition) is 2. The normalized spacial score (nSPS) is 8.28. The van der Waals surface area contributed by atoms with Gasteiger partial charge < -0.3 is 55.4 Å². The molecule has 0 aliphatic carbocycles. The summed E-state index contributed by atoms with van der Waals surface area (Å²) in [4.78, 5) is 72.6. The number of H-pyrrole nitrogens is 1. The summed E-state index contributed by atoms with van der Waals surface area (Å²) in [7, 11) is 0. The number of carboxylic acid groups (broad SMARTS) is 1. The Hall–Kier alpha value is -1.49. The molecule has 15 nitrogen and oxygen atoms in total. The number of hydrogen-bond acceptors (Lipinski definition) is 9. The first-order chi connectivity index (χ1) is 33.0. The number of ketones is 2. The molecule has 79 heavy (non-hydrogen) atoms. The van der Waals surface area contributed by atoms with Crippen molar-refractivity contribution in [3.8, 4) is 0 Å². The second-order valence-corrected chi connectivity index (χ2v) is 14.1. The van der Waals surface area contributed by atoms with Gasteiger partial charge in [0.05, 0.1) is 5.56 Å². The van der Waals surface area contributed by atoms with Crippen LogP contribution in [0.25, 0.3) is 55.2 Å². The molecule has 0 saturated carbocycles. The average molecular weight is 1460 g/mol. The van der Waals surface area contributed by atoms with Crippen LogP contribution in [-0.2, 0) is 131 Å². The zero-order chi connectivity index (χ0) is 51.1. The first-order valence-electron chi connectivity index (χ1n) is 22.2. The summed E-state index contributed by atoms with van der Waals surface area (Å²) in [6.07, 6.45) is 16.8. The molecule has 3 N–H and O–H groups in total. The molecule has 0 aliphatic heterocycles. The van der Waals surface area contributed by atoms with Crippen molar-refractivity contribution in [2.75, 3.05) is 0 Å². The van der Waals surface area contributed by atoms with Crippen molar-refractivity contribution in [2.24, 2.45) is 0 Å². The standard InChI is InChI=1S/C10H10N2O.C9H5Cl3N2O.C8H6N2O2.C7H6N2.C7H5N2.5C2H6.5CH4.Na.H2O.4Y/c1-2-9(13)8-6-12-10-7(8)4-3-5-11-10;10-9(11,12)7(15)6-4-14-8-5(6)2-1-3-13-8;11-8(12)6-4-10-7-5(6)2-1-3-9-7;2*1-2-6-3-5-9-7(6)8-4-1;5*1-2;;;;;;;;;;;/h3-6H,2H2,1H3,(H,11,12,13);1-4H,(H,13,14,15);1-4H,(H2,9,10,11,12);1-5H,(H,8,9);1-5H;5*1-2H3;5*1H4;;1H2;;;;/q;;;;-1;;;;;;;;;;;+1;;;;;/p-4. The van der Waals surface area contributed by atoms with Gasteiger partial charge in [-0.25, -0.2) is 9.78 Å². The molecule has 10 rings (SSSR count). The Morgan fingerprint density at radius 1 is 0.506 bits per heavy atom. The molecule has 23 heteroatoms. The largest absolute Gasteiger partial charge is 1.00 e. The number of aromatic nitrogens is 10. The monoisotopic (exact) mass is 1460 g/mol. The number of alkyl halides is 3. The molecule has 422 valence electrons. The minimum Gasteiger partial charge on any atom is -0.870 e. The minimum atomic E-state index is -1.96. The van der Waals surface area contributed by atoms with Crippen molar-refractivity contribution >= 4 is 108 Å². The Balaban J connectivity index is -0.0000000761. The smallest absolute Gasteiger partial charge is 0.870 e. The van der Waals surface area contributed by atoms with Gasteiger partial charge in [0.2, 0.25) is 5.78 Å². The molecule has 4 radical (unpaired) electrons. The molecule has 0 aliphatic rings. The van der Waals surface area contributed by atoms with Crippen LogP contribution >= 0.6 is 34.8 Å². The quantitative estimate of drug-likeness (QED) is 0.0947. The third kappa shape index (κ3) is 33.6. The number of halogens is 3. The minimum absolute atomic E-state index is 0. The number of nitrogens with zero attached hydrogens (tertiary/aromatic N) is 9. The Morgan fingerprint density at radius 2 is 0.861 bits per heavy atom. The second-order valence-electron chi connectivity index (χ2n) is 11.8. The van der Waals surface area contributed by atoms with Gasteiger partial charge in [-0.15, -0.1) is 0 Å². The number of aromatic carboxylic acids is 1. The van der Waals surface area contributed by atoms with Gasteiger partial charge in [-0.1, -0.05) is 275 Å². The summed E-state index contributed by atoms with van der Waals surface area (Å²) >= 11 is 16.5. The fourth-order valence-electron chi connectivity index (χ4n) is 5.35. The maximum atomic E-state index is 11.7. The van der Waals surface area contributed by atoms with E-state index in [4.69, 9.17) is 39.9 Å². The van der Waals surface area contributed by atoms with Crippen LogP contribution in [0.5, 0.6) is 0 Å². The fraction of sp³-hybridized carbons (Fsp3) is 0.321. The van der Waals surface area contributed by atoms with Crippen molar-refractivity contribution in [2.45, 2.75) is 124 Å². The van der Waals surface area contributed by atoms with Crippen molar-refractivity contribution in [1.82, 2.24) is 49.8 Å². The summed E-state index contributed by atoms with van der Waals surface area (Å²) in [5.74, 6) is -1.44. The van der Waals surface area contributed by atoms with Gasteiger partial charge in [0, 0.05) is 166 Å². The molecule has 0 unspecified atom stereocenters. The summed E-state index contributed by atoms with van der Waals surface area (Å²) < 4.78 is -1.96. The zero-order valence-corrected chi connectivity index (χ0v) is 59.6. The second kappa shape index (κ2) is 59.7. The molecule has 0 spiro atoms. The predicted octanol–water partition coefficient (Wildman–Crippen LogP) is 13.3. The van der Waals surface area contributed by atoms with E-state index in [0.717, 1.165) is 27.5 Å². The van der Waals surface area contributed by atoms with Gasteiger partial charge >= 0.3 is 35.5 Å². The van der Waals surface area contributed by atoms with Crippen LogP contribution in [0.2, 0.25) is 0 Å². The molecular weight excluding hydrogens is 1380 g/mol. The topological polar surface area (TPSA) is 238 Å². The number of carbonyl (C=O) groups is 3. The molecule has 10 aromatic rings. The van der Waals surface area contributed by atoms with Gasteiger partial charge in [-0.2, -0.15) is 0 Å². The van der Waals surface area contributed by atoms with E-state index < -0.39 is 15.5 Å². The van der Waals surface area contributed by atoms with E-state index in [9.17, 15) is 14.4 Å². The fourth-order valence-corrected chi connectivity index (χ4v) is 5.66. The Bertz CT molecular complexity index is 2860. The van der Waals surface area contributed by atoms with E-state index in [1.165, 1.54) is 12.4 Å². The number of pyridine rings is 5. The summed E-state index contributed by atoms with van der Waals surface area (Å²) in [5, 5.41) is 13.0. The van der Waals surface area contributed by atoms with Gasteiger partial charge in [-0.05, 0) is 39.7 Å². The zero-order valence-electron chi connectivity index (χ0n) is 44.0. The van der Waals surface area contributed by atoms with E-state index in [0.29, 0.717) is 39.7 Å². The van der Waals surface area contributed by atoms with Gasteiger partial charge in [-0.3, -0.25) is 9.59 Å². The number of rotatable bonds is 4. The van der Waals surface area contributed by atoms with Gasteiger partial charge in [0.1, 0.15) is 5.65 Å². The predicted molar refractivity (Wildman–Crippen MR) is 315 cm³/mol. The third-order valence-corrected chi connectivity index (χ3v) is 8.64. The molecule has 0 amide bonds. The van der Waals surface area contributed by atoms with Crippen LogP contribution in [0.4, 0.5) is 0 Å². The van der Waals surface area contributed by atoms with Crippen LogP contribution in [0.3, 0.4) is 0 Å². The first-order valence-corrected chi connectivity index (χ1v) is 23.4.